The highest BCUT2D eigenvalue weighted by Gasteiger charge is 2.32. The molecule has 1 atom stereocenters. The van der Waals surface area contributed by atoms with E-state index < -0.39 is 0 Å². The zero-order valence-electron chi connectivity index (χ0n) is 17.9. The van der Waals surface area contributed by atoms with E-state index in [-0.39, 0.29) is 17.7 Å². The number of para-hydroxylation sites is 1. The second kappa shape index (κ2) is 9.43. The first kappa shape index (κ1) is 21.2. The minimum atomic E-state index is -0.0245. The summed E-state index contributed by atoms with van der Waals surface area (Å²) in [4.78, 5) is 24.3. The second-order valence-corrected chi connectivity index (χ2v) is 8.21. The number of hydrogen-bond acceptors (Lipinski definition) is 7. The van der Waals surface area contributed by atoms with Crippen molar-refractivity contribution in [3.05, 3.63) is 48.0 Å². The predicted molar refractivity (Wildman–Crippen MR) is 123 cm³/mol. The molecule has 2 aromatic carbocycles. The number of nitrogens with zero attached hydrogens (tertiary/aromatic N) is 3. The number of likely N-dealkylation sites (tertiary alicyclic amines) is 1. The number of amides is 1. The monoisotopic (exact) mass is 438 g/mol. The number of rotatable bonds is 7. The molecule has 31 heavy (non-hydrogen) atoms. The van der Waals surface area contributed by atoms with Gasteiger partial charge in [-0.2, -0.15) is 0 Å². The van der Waals surface area contributed by atoms with Gasteiger partial charge in [0, 0.05) is 24.5 Å². The fourth-order valence-corrected chi connectivity index (χ4v) is 4.75. The van der Waals surface area contributed by atoms with Crippen molar-refractivity contribution in [2.24, 2.45) is 0 Å². The number of nitrogens with one attached hydrogen (secondary N) is 1. The Balaban J connectivity index is 1.52. The van der Waals surface area contributed by atoms with Crippen LogP contribution in [0, 0.1) is 0 Å². The lowest BCUT2D eigenvalue weighted by atomic mass is 10.0. The molecule has 1 N–H and O–H groups in total. The molecule has 0 bridgehead atoms. The van der Waals surface area contributed by atoms with Crippen LogP contribution in [0.5, 0.6) is 11.5 Å². The number of aromatic nitrogens is 2. The molecule has 8 heteroatoms. The highest BCUT2D eigenvalue weighted by Crippen LogP contribution is 2.39. The summed E-state index contributed by atoms with van der Waals surface area (Å²) in [5.41, 5.74) is 1.84. The van der Waals surface area contributed by atoms with Crippen LogP contribution in [0.3, 0.4) is 0 Å². The van der Waals surface area contributed by atoms with Gasteiger partial charge in [-0.15, -0.1) is 0 Å². The smallest absolute Gasteiger partial charge is 0.233 e. The third kappa shape index (κ3) is 4.39. The van der Waals surface area contributed by atoms with E-state index in [4.69, 9.17) is 9.47 Å². The molecule has 1 aliphatic rings. The van der Waals surface area contributed by atoms with Gasteiger partial charge >= 0.3 is 0 Å². The first-order valence-electron chi connectivity index (χ1n) is 10.2. The van der Waals surface area contributed by atoms with E-state index in [1.165, 1.54) is 11.8 Å². The number of ether oxygens (including phenoxy) is 2. The Bertz CT molecular complexity index is 1090. The van der Waals surface area contributed by atoms with Crippen molar-refractivity contribution < 1.29 is 14.3 Å². The maximum Gasteiger partial charge on any atom is 0.233 e. The summed E-state index contributed by atoms with van der Waals surface area (Å²) < 4.78 is 10.9. The zero-order valence-corrected chi connectivity index (χ0v) is 18.7. The molecule has 0 unspecified atom stereocenters. The lowest BCUT2D eigenvalue weighted by Crippen LogP contribution is -2.32. The quantitative estimate of drug-likeness (QED) is 0.439. The maximum atomic E-state index is 13.1. The Morgan fingerprint density at radius 3 is 2.81 bits per heavy atom. The van der Waals surface area contributed by atoms with Crippen molar-refractivity contribution in [1.29, 1.82) is 0 Å². The fourth-order valence-electron chi connectivity index (χ4n) is 4.01. The van der Waals surface area contributed by atoms with Gasteiger partial charge in [0.25, 0.3) is 0 Å². The van der Waals surface area contributed by atoms with Gasteiger partial charge < -0.3 is 19.7 Å². The molecular formula is C23H26N4O3S. The van der Waals surface area contributed by atoms with Crippen molar-refractivity contribution in [3.63, 3.8) is 0 Å². The molecular weight excluding hydrogens is 412 g/mol. The number of methoxy groups -OCH3 is 2. The molecule has 0 spiro atoms. The third-order valence-electron chi connectivity index (χ3n) is 5.51. The van der Waals surface area contributed by atoms with E-state index in [9.17, 15) is 4.79 Å². The van der Waals surface area contributed by atoms with E-state index >= 15 is 0 Å². The Labute approximate surface area is 186 Å². The van der Waals surface area contributed by atoms with Gasteiger partial charge in [-0.25, -0.2) is 9.97 Å². The van der Waals surface area contributed by atoms with Crippen molar-refractivity contribution in [3.8, 4) is 11.5 Å². The molecule has 1 amide bonds. The summed E-state index contributed by atoms with van der Waals surface area (Å²) >= 11 is 1.37. The van der Waals surface area contributed by atoms with Gasteiger partial charge in [0.1, 0.15) is 17.3 Å². The number of anilines is 1. The summed E-state index contributed by atoms with van der Waals surface area (Å²) in [5, 5.41) is 4.67. The molecule has 1 fully saturated rings. The van der Waals surface area contributed by atoms with Crippen molar-refractivity contribution in [2.45, 2.75) is 24.0 Å². The normalized spacial score (nSPS) is 15.8. The number of thioether (sulfide) groups is 1. The van der Waals surface area contributed by atoms with Gasteiger partial charge in [-0.1, -0.05) is 23.9 Å². The van der Waals surface area contributed by atoms with Crippen LogP contribution in [0.2, 0.25) is 0 Å². The van der Waals surface area contributed by atoms with Gasteiger partial charge in [0.05, 0.1) is 31.5 Å². The minimum Gasteiger partial charge on any atom is -0.497 e. The predicted octanol–water partition coefficient (Wildman–Crippen LogP) is 4.14. The number of carbonyl (C=O) groups excluding carboxylic acids is 1. The number of fused-ring (bicyclic) bond motifs is 1. The third-order valence-corrected chi connectivity index (χ3v) is 6.35. The van der Waals surface area contributed by atoms with Gasteiger partial charge in [0.2, 0.25) is 5.91 Å². The van der Waals surface area contributed by atoms with E-state index in [1.807, 2.05) is 54.4 Å². The molecule has 4 rings (SSSR count). The van der Waals surface area contributed by atoms with Crippen LogP contribution in [0.4, 0.5) is 5.82 Å². The molecule has 0 radical (unpaired) electrons. The minimum absolute atomic E-state index is 0.0245. The van der Waals surface area contributed by atoms with E-state index in [2.05, 4.69) is 15.3 Å². The van der Waals surface area contributed by atoms with Crippen LogP contribution in [-0.2, 0) is 4.79 Å². The Morgan fingerprint density at radius 2 is 2.03 bits per heavy atom. The molecule has 1 aromatic heterocycles. The van der Waals surface area contributed by atoms with E-state index in [0.717, 1.165) is 53.2 Å². The van der Waals surface area contributed by atoms with Crippen molar-refractivity contribution in [1.82, 2.24) is 14.9 Å². The summed E-state index contributed by atoms with van der Waals surface area (Å²) in [5.74, 6) is 2.65. The largest absolute Gasteiger partial charge is 0.497 e. The van der Waals surface area contributed by atoms with Gasteiger partial charge in [0.15, 0.2) is 5.16 Å². The van der Waals surface area contributed by atoms with Gasteiger partial charge in [-0.3, -0.25) is 4.79 Å². The Kier molecular flexibility index (Phi) is 6.46. The van der Waals surface area contributed by atoms with Crippen LogP contribution in [0.1, 0.15) is 24.4 Å². The highest BCUT2D eigenvalue weighted by molar-refractivity contribution is 7.99. The lowest BCUT2D eigenvalue weighted by Gasteiger charge is -2.26. The average Bonchev–Trinajstić information content (AvgIpc) is 3.31. The molecule has 7 nitrogen and oxygen atoms in total. The molecule has 2 heterocycles. The summed E-state index contributed by atoms with van der Waals surface area (Å²) in [6.45, 7) is 0.727. The fraction of sp³-hybridized carbons (Fsp3) is 0.348. The lowest BCUT2D eigenvalue weighted by molar-refractivity contribution is -0.129. The zero-order chi connectivity index (χ0) is 21.8. The van der Waals surface area contributed by atoms with Gasteiger partial charge in [-0.05, 0) is 43.2 Å². The molecule has 0 aliphatic carbocycles. The summed E-state index contributed by atoms with van der Waals surface area (Å²) in [6.07, 6.45) is 1.86. The SMILES string of the molecule is CNc1nc(SCC(=O)N2CCC[C@@H]2c2cc(OC)ccc2OC)nc2ccccc12. The first-order chi connectivity index (χ1) is 15.1. The summed E-state index contributed by atoms with van der Waals surface area (Å²) in [7, 11) is 5.13. The topological polar surface area (TPSA) is 76.6 Å². The second-order valence-electron chi connectivity index (χ2n) is 7.26. The molecule has 162 valence electrons. The van der Waals surface area contributed by atoms with Crippen LogP contribution in [0.15, 0.2) is 47.6 Å². The number of hydrogen-bond donors (Lipinski definition) is 1. The molecule has 0 saturated carbocycles. The molecule has 1 aliphatic heterocycles. The average molecular weight is 439 g/mol. The number of benzene rings is 2. The maximum absolute atomic E-state index is 13.1. The molecule has 3 aromatic rings. The number of carbonyl (C=O) groups is 1. The van der Waals surface area contributed by atoms with E-state index in [1.54, 1.807) is 14.2 Å². The van der Waals surface area contributed by atoms with E-state index in [0.29, 0.717) is 5.16 Å². The Morgan fingerprint density at radius 1 is 1.19 bits per heavy atom. The van der Waals surface area contributed by atoms with Crippen LogP contribution >= 0.6 is 11.8 Å². The van der Waals surface area contributed by atoms with Crippen molar-refractivity contribution in [2.75, 3.05) is 38.9 Å². The van der Waals surface area contributed by atoms with Crippen molar-refractivity contribution >= 4 is 34.4 Å². The Hall–Kier alpha value is -3.00. The molecule has 1 saturated heterocycles. The van der Waals surface area contributed by atoms with Crippen LogP contribution < -0.4 is 14.8 Å². The van der Waals surface area contributed by atoms with Crippen LogP contribution in [0.25, 0.3) is 10.9 Å². The summed E-state index contributed by atoms with van der Waals surface area (Å²) in [6, 6.07) is 13.6. The standard InChI is InChI=1S/C23H26N4O3S/c1-24-22-16-7-4-5-8-18(16)25-23(26-22)31-14-21(28)27-12-6-9-19(27)17-13-15(29-2)10-11-20(17)30-3/h4-5,7-8,10-11,13,19H,6,9,12,14H2,1-3H3,(H,24,25,26)/t19-/m1/s1. The highest BCUT2D eigenvalue weighted by atomic mass is 32.2. The first-order valence-corrected chi connectivity index (χ1v) is 11.2. The van der Waals surface area contributed by atoms with Crippen LogP contribution in [-0.4, -0.2) is 54.3 Å².